The summed E-state index contributed by atoms with van der Waals surface area (Å²) in [7, 11) is 0. The highest BCUT2D eigenvalue weighted by Crippen LogP contribution is 2.20. The summed E-state index contributed by atoms with van der Waals surface area (Å²) in [5.74, 6) is 1.78. The molecule has 0 aromatic carbocycles. The molecule has 0 aliphatic heterocycles. The van der Waals surface area contributed by atoms with Crippen LogP contribution in [0.4, 0.5) is 0 Å². The van der Waals surface area contributed by atoms with E-state index in [0.717, 1.165) is 13.2 Å². The third kappa shape index (κ3) is 9.34. The van der Waals surface area contributed by atoms with Gasteiger partial charge in [-0.3, -0.25) is 4.79 Å². The smallest absolute Gasteiger partial charge is 0.138 e. The summed E-state index contributed by atoms with van der Waals surface area (Å²) in [5.41, 5.74) is 0. The second-order valence-corrected chi connectivity index (χ2v) is 5.25. The van der Waals surface area contributed by atoms with Crippen molar-refractivity contribution in [3.8, 4) is 0 Å². The Morgan fingerprint density at radius 1 is 0.824 bits per heavy atom. The Bertz CT molecular complexity index is 167. The predicted octanol–water partition coefficient (Wildman–Crippen LogP) is 4.18. The lowest BCUT2D eigenvalue weighted by molar-refractivity contribution is -0.128. The summed E-state index contributed by atoms with van der Waals surface area (Å²) >= 11 is 0. The maximum Gasteiger partial charge on any atom is 0.138 e. The van der Waals surface area contributed by atoms with Gasteiger partial charge in [-0.2, -0.15) is 0 Å². The largest absolute Gasteiger partial charge is 0.382 e. The van der Waals surface area contributed by atoms with Gasteiger partial charge in [0.1, 0.15) is 5.78 Å². The number of Topliss-reactive ketones (excluding diaryl/α,β-unsaturated/α-hetero) is 1. The highest BCUT2D eigenvalue weighted by Gasteiger charge is 2.24. The fraction of sp³-hybridized carbons (Fsp3) is 0.933. The quantitative estimate of drug-likeness (QED) is 0.700. The van der Waals surface area contributed by atoms with Crippen molar-refractivity contribution in [2.24, 2.45) is 23.7 Å². The summed E-state index contributed by atoms with van der Waals surface area (Å²) in [4.78, 5) is 11.7. The molecule has 17 heavy (non-hydrogen) atoms. The van der Waals surface area contributed by atoms with Gasteiger partial charge in [0.25, 0.3) is 0 Å². The predicted molar refractivity (Wildman–Crippen MR) is 75.2 cm³/mol. The van der Waals surface area contributed by atoms with E-state index in [2.05, 4.69) is 27.7 Å². The van der Waals surface area contributed by atoms with Crippen molar-refractivity contribution in [1.29, 1.82) is 0 Å². The maximum atomic E-state index is 11.7. The first-order valence-electron chi connectivity index (χ1n) is 6.90. The van der Waals surface area contributed by atoms with Crippen LogP contribution in [0.25, 0.3) is 0 Å². The van der Waals surface area contributed by atoms with Crippen LogP contribution in [0.2, 0.25) is 0 Å². The number of carbonyl (C=O) groups excluding carboxylic acids is 1. The molecule has 0 saturated heterocycles. The van der Waals surface area contributed by atoms with Crippen molar-refractivity contribution < 1.29 is 9.53 Å². The zero-order valence-corrected chi connectivity index (χ0v) is 13.0. The molecule has 0 fully saturated rings. The monoisotopic (exact) mass is 244 g/mol. The van der Waals surface area contributed by atoms with Crippen molar-refractivity contribution in [2.45, 2.75) is 55.4 Å². The maximum absolute atomic E-state index is 11.7. The SMILES string of the molecule is CC(C)C(C)C(=O)C(C)C(C)C.CCOCC. The van der Waals surface area contributed by atoms with Crippen molar-refractivity contribution >= 4 is 5.78 Å². The molecule has 0 saturated carbocycles. The second-order valence-electron chi connectivity index (χ2n) is 5.25. The molecule has 0 aromatic heterocycles. The lowest BCUT2D eigenvalue weighted by atomic mass is 9.82. The average Bonchev–Trinajstić information content (AvgIpc) is 2.27. The van der Waals surface area contributed by atoms with E-state index in [9.17, 15) is 4.79 Å². The molecule has 2 nitrogen and oxygen atoms in total. The van der Waals surface area contributed by atoms with Crippen LogP contribution in [0.3, 0.4) is 0 Å². The molecule has 0 aliphatic carbocycles. The number of hydrogen-bond donors (Lipinski definition) is 0. The van der Waals surface area contributed by atoms with Crippen molar-refractivity contribution in [2.75, 3.05) is 13.2 Å². The van der Waals surface area contributed by atoms with Gasteiger partial charge < -0.3 is 4.74 Å². The van der Waals surface area contributed by atoms with Crippen LogP contribution in [0.15, 0.2) is 0 Å². The van der Waals surface area contributed by atoms with Gasteiger partial charge in [0, 0.05) is 25.0 Å². The number of rotatable bonds is 6. The molecule has 0 amide bonds. The van der Waals surface area contributed by atoms with Crippen LogP contribution in [-0.2, 0) is 9.53 Å². The molecule has 104 valence electrons. The molecule has 0 radical (unpaired) electrons. The van der Waals surface area contributed by atoms with E-state index >= 15 is 0 Å². The summed E-state index contributed by atoms with van der Waals surface area (Å²) in [6.45, 7) is 18.2. The van der Waals surface area contributed by atoms with E-state index in [1.165, 1.54) is 0 Å². The van der Waals surface area contributed by atoms with E-state index in [1.807, 2.05) is 27.7 Å². The topological polar surface area (TPSA) is 26.3 Å². The Morgan fingerprint density at radius 2 is 1.12 bits per heavy atom. The minimum atomic E-state index is 0.211. The molecule has 0 rings (SSSR count). The first-order valence-corrected chi connectivity index (χ1v) is 6.90. The van der Waals surface area contributed by atoms with Gasteiger partial charge in [-0.1, -0.05) is 41.5 Å². The van der Waals surface area contributed by atoms with Gasteiger partial charge >= 0.3 is 0 Å². The van der Waals surface area contributed by atoms with E-state index in [-0.39, 0.29) is 11.8 Å². The van der Waals surface area contributed by atoms with Gasteiger partial charge in [-0.05, 0) is 25.7 Å². The lowest BCUT2D eigenvalue weighted by Gasteiger charge is -2.21. The summed E-state index contributed by atoms with van der Waals surface area (Å²) in [6.07, 6.45) is 0. The highest BCUT2D eigenvalue weighted by atomic mass is 16.5. The van der Waals surface area contributed by atoms with Crippen LogP contribution < -0.4 is 0 Å². The molecular formula is C15H32O2. The van der Waals surface area contributed by atoms with Crippen LogP contribution >= 0.6 is 0 Å². The summed E-state index contributed by atoms with van der Waals surface area (Å²) in [6, 6.07) is 0. The van der Waals surface area contributed by atoms with Crippen molar-refractivity contribution in [3.63, 3.8) is 0 Å². The minimum Gasteiger partial charge on any atom is -0.382 e. The Balaban J connectivity index is 0. The van der Waals surface area contributed by atoms with Crippen LogP contribution in [0, 0.1) is 23.7 Å². The fourth-order valence-electron chi connectivity index (χ4n) is 1.28. The molecule has 0 bridgehead atoms. The van der Waals surface area contributed by atoms with Gasteiger partial charge in [-0.25, -0.2) is 0 Å². The molecule has 0 heterocycles. The molecular weight excluding hydrogens is 212 g/mol. The van der Waals surface area contributed by atoms with E-state index in [4.69, 9.17) is 4.74 Å². The molecule has 2 heteroatoms. The Morgan fingerprint density at radius 3 is 1.24 bits per heavy atom. The van der Waals surface area contributed by atoms with E-state index < -0.39 is 0 Å². The number of ketones is 1. The number of hydrogen-bond acceptors (Lipinski definition) is 2. The third-order valence-electron chi connectivity index (χ3n) is 3.31. The standard InChI is InChI=1S/C11H22O.C4H10O/c1-7(2)9(5)11(12)10(6)8(3)4;1-3-5-4-2/h7-10H,1-6H3;3-4H2,1-2H3. The van der Waals surface area contributed by atoms with E-state index in [0.29, 0.717) is 17.6 Å². The van der Waals surface area contributed by atoms with Crippen LogP contribution in [-0.4, -0.2) is 19.0 Å². The first-order chi connectivity index (χ1) is 7.79. The first kappa shape index (κ1) is 19.0. The van der Waals surface area contributed by atoms with Crippen LogP contribution in [0.1, 0.15) is 55.4 Å². The van der Waals surface area contributed by atoms with Crippen LogP contribution in [0.5, 0.6) is 0 Å². The second kappa shape index (κ2) is 10.8. The third-order valence-corrected chi connectivity index (χ3v) is 3.31. The van der Waals surface area contributed by atoms with Gasteiger partial charge in [0.2, 0.25) is 0 Å². The van der Waals surface area contributed by atoms with Crippen molar-refractivity contribution in [3.05, 3.63) is 0 Å². The molecule has 0 N–H and O–H groups in total. The van der Waals surface area contributed by atoms with Crippen molar-refractivity contribution in [1.82, 2.24) is 0 Å². The number of carbonyl (C=O) groups is 1. The normalized spacial score (nSPS) is 14.2. The summed E-state index contributed by atoms with van der Waals surface area (Å²) < 4.78 is 4.83. The molecule has 2 atom stereocenters. The average molecular weight is 244 g/mol. The van der Waals surface area contributed by atoms with Gasteiger partial charge in [0.05, 0.1) is 0 Å². The Hall–Kier alpha value is -0.370. The van der Waals surface area contributed by atoms with E-state index in [1.54, 1.807) is 0 Å². The van der Waals surface area contributed by atoms with Gasteiger partial charge in [-0.15, -0.1) is 0 Å². The molecule has 0 aromatic rings. The molecule has 2 unspecified atom stereocenters. The fourth-order valence-corrected chi connectivity index (χ4v) is 1.28. The summed E-state index contributed by atoms with van der Waals surface area (Å²) in [5, 5.41) is 0. The highest BCUT2D eigenvalue weighted by molar-refractivity contribution is 5.83. The zero-order chi connectivity index (χ0) is 14.0. The minimum absolute atomic E-state index is 0.211. The zero-order valence-electron chi connectivity index (χ0n) is 13.0. The number of ether oxygens (including phenoxy) is 1. The lowest BCUT2D eigenvalue weighted by Crippen LogP contribution is -2.26. The van der Waals surface area contributed by atoms with Gasteiger partial charge in [0.15, 0.2) is 0 Å². The Kier molecular flexibility index (Phi) is 12.0. The molecule has 0 spiro atoms. The Labute approximate surface area is 108 Å². The molecule has 0 aliphatic rings.